The van der Waals surface area contributed by atoms with Crippen molar-refractivity contribution in [2.45, 2.75) is 12.5 Å². The lowest BCUT2D eigenvalue weighted by Gasteiger charge is -2.13. The SMILES string of the molecule is O=C(/C=C/c1ccccc1Cl)N[C@H](Cc1ccccc1)C(=O)O. The lowest BCUT2D eigenvalue weighted by atomic mass is 10.1. The maximum absolute atomic E-state index is 11.9. The third-order valence-electron chi connectivity index (χ3n) is 3.22. The van der Waals surface area contributed by atoms with Gasteiger partial charge in [0.2, 0.25) is 5.91 Å². The molecule has 0 aliphatic heterocycles. The van der Waals surface area contributed by atoms with Crippen molar-refractivity contribution < 1.29 is 14.7 Å². The van der Waals surface area contributed by atoms with Crippen LogP contribution in [0.25, 0.3) is 6.08 Å². The topological polar surface area (TPSA) is 66.4 Å². The van der Waals surface area contributed by atoms with Gasteiger partial charge in [0.05, 0.1) is 0 Å². The third kappa shape index (κ3) is 5.27. The number of hydrogen-bond donors (Lipinski definition) is 2. The highest BCUT2D eigenvalue weighted by Gasteiger charge is 2.19. The summed E-state index contributed by atoms with van der Waals surface area (Å²) in [5, 5.41) is 12.3. The van der Waals surface area contributed by atoms with Crippen molar-refractivity contribution in [1.29, 1.82) is 0 Å². The van der Waals surface area contributed by atoms with Gasteiger partial charge in [-0.15, -0.1) is 0 Å². The first-order valence-electron chi connectivity index (χ1n) is 7.06. The molecule has 0 bridgehead atoms. The van der Waals surface area contributed by atoms with Gasteiger partial charge in [-0.3, -0.25) is 4.79 Å². The zero-order chi connectivity index (χ0) is 16.7. The molecule has 118 valence electrons. The zero-order valence-electron chi connectivity index (χ0n) is 12.3. The monoisotopic (exact) mass is 329 g/mol. The molecule has 0 heterocycles. The molecule has 5 heteroatoms. The van der Waals surface area contributed by atoms with E-state index in [1.807, 2.05) is 30.3 Å². The van der Waals surface area contributed by atoms with Crippen LogP contribution in [0.5, 0.6) is 0 Å². The standard InChI is InChI=1S/C18H16ClNO3/c19-15-9-5-4-8-14(15)10-11-17(21)20-16(18(22)23)12-13-6-2-1-3-7-13/h1-11,16H,12H2,(H,20,21)(H,22,23)/b11-10+/t16-/m1/s1. The van der Waals surface area contributed by atoms with Crippen molar-refractivity contribution in [3.63, 3.8) is 0 Å². The molecule has 1 atom stereocenters. The molecule has 0 saturated heterocycles. The Morgan fingerprint density at radius 2 is 1.74 bits per heavy atom. The first-order chi connectivity index (χ1) is 11.1. The normalized spacial score (nSPS) is 12.0. The first kappa shape index (κ1) is 16.8. The molecule has 0 fully saturated rings. The molecule has 0 aromatic heterocycles. The molecule has 0 spiro atoms. The Morgan fingerprint density at radius 1 is 1.09 bits per heavy atom. The van der Waals surface area contributed by atoms with Crippen molar-refractivity contribution in [3.8, 4) is 0 Å². The van der Waals surface area contributed by atoms with E-state index in [4.69, 9.17) is 11.6 Å². The van der Waals surface area contributed by atoms with Gasteiger partial charge in [0.1, 0.15) is 6.04 Å². The Hall–Kier alpha value is -2.59. The molecule has 2 N–H and O–H groups in total. The van der Waals surface area contributed by atoms with E-state index in [0.29, 0.717) is 10.6 Å². The highest BCUT2D eigenvalue weighted by atomic mass is 35.5. The minimum absolute atomic E-state index is 0.224. The summed E-state index contributed by atoms with van der Waals surface area (Å²) in [5.74, 6) is -1.55. The Morgan fingerprint density at radius 3 is 2.39 bits per heavy atom. The number of benzene rings is 2. The quantitative estimate of drug-likeness (QED) is 0.800. The molecule has 0 aliphatic rings. The fraction of sp³-hybridized carbons (Fsp3) is 0.111. The highest BCUT2D eigenvalue weighted by Crippen LogP contribution is 2.16. The van der Waals surface area contributed by atoms with Crippen LogP contribution >= 0.6 is 11.6 Å². The van der Waals surface area contributed by atoms with E-state index >= 15 is 0 Å². The molecule has 0 saturated carbocycles. The Balaban J connectivity index is 2.01. The maximum Gasteiger partial charge on any atom is 0.326 e. The molecule has 4 nitrogen and oxygen atoms in total. The molecule has 2 rings (SSSR count). The van der Waals surface area contributed by atoms with Gasteiger partial charge in [0.25, 0.3) is 0 Å². The number of carboxylic acids is 1. The van der Waals surface area contributed by atoms with Gasteiger partial charge in [-0.05, 0) is 23.3 Å². The van der Waals surface area contributed by atoms with Gasteiger partial charge >= 0.3 is 5.97 Å². The molecule has 0 radical (unpaired) electrons. The van der Waals surface area contributed by atoms with E-state index < -0.39 is 17.9 Å². The predicted molar refractivity (Wildman–Crippen MR) is 90.2 cm³/mol. The van der Waals surface area contributed by atoms with Crippen LogP contribution in [-0.2, 0) is 16.0 Å². The number of carboxylic acid groups (broad SMARTS) is 1. The Labute approximate surface area is 139 Å². The van der Waals surface area contributed by atoms with Gasteiger partial charge in [-0.25, -0.2) is 4.79 Å². The van der Waals surface area contributed by atoms with Crippen molar-refractivity contribution in [2.75, 3.05) is 0 Å². The Bertz CT molecular complexity index is 713. The van der Waals surface area contributed by atoms with Crippen LogP contribution in [-0.4, -0.2) is 23.0 Å². The van der Waals surface area contributed by atoms with Crippen LogP contribution < -0.4 is 5.32 Å². The largest absolute Gasteiger partial charge is 0.480 e. The smallest absolute Gasteiger partial charge is 0.326 e. The molecule has 0 unspecified atom stereocenters. The highest BCUT2D eigenvalue weighted by molar-refractivity contribution is 6.32. The lowest BCUT2D eigenvalue weighted by Crippen LogP contribution is -2.41. The molecule has 23 heavy (non-hydrogen) atoms. The summed E-state index contributed by atoms with van der Waals surface area (Å²) in [5.41, 5.74) is 1.54. The van der Waals surface area contributed by atoms with Crippen molar-refractivity contribution in [1.82, 2.24) is 5.32 Å². The van der Waals surface area contributed by atoms with E-state index in [1.54, 1.807) is 30.3 Å². The van der Waals surface area contributed by atoms with Crippen molar-refractivity contribution in [3.05, 3.63) is 76.8 Å². The summed E-state index contributed by atoms with van der Waals surface area (Å²) >= 11 is 5.99. The molecular formula is C18H16ClNO3. The van der Waals surface area contributed by atoms with Crippen LogP contribution in [0.15, 0.2) is 60.7 Å². The maximum atomic E-state index is 11.9. The summed E-state index contributed by atoms with van der Waals surface area (Å²) in [6.45, 7) is 0. The number of nitrogens with one attached hydrogen (secondary N) is 1. The predicted octanol–water partition coefficient (Wildman–Crippen LogP) is 3.17. The zero-order valence-corrected chi connectivity index (χ0v) is 13.0. The minimum Gasteiger partial charge on any atom is -0.480 e. The summed E-state index contributed by atoms with van der Waals surface area (Å²) in [6.07, 6.45) is 3.06. The number of hydrogen-bond acceptors (Lipinski definition) is 2. The summed E-state index contributed by atoms with van der Waals surface area (Å²) in [7, 11) is 0. The first-order valence-corrected chi connectivity index (χ1v) is 7.44. The number of rotatable bonds is 6. The van der Waals surface area contributed by atoms with Crippen LogP contribution in [0.2, 0.25) is 5.02 Å². The average molecular weight is 330 g/mol. The van der Waals surface area contributed by atoms with Gasteiger partial charge < -0.3 is 10.4 Å². The second kappa shape index (κ2) is 8.15. The van der Waals surface area contributed by atoms with Crippen LogP contribution in [0.3, 0.4) is 0 Å². The van der Waals surface area contributed by atoms with E-state index in [-0.39, 0.29) is 6.42 Å². The van der Waals surface area contributed by atoms with Gasteiger partial charge in [0.15, 0.2) is 0 Å². The van der Waals surface area contributed by atoms with Crippen LogP contribution in [0, 0.1) is 0 Å². The molecular weight excluding hydrogens is 314 g/mol. The number of aliphatic carboxylic acids is 1. The van der Waals surface area contributed by atoms with Gasteiger partial charge in [0, 0.05) is 17.5 Å². The van der Waals surface area contributed by atoms with Gasteiger partial charge in [-0.2, -0.15) is 0 Å². The molecule has 2 aromatic carbocycles. The second-order valence-electron chi connectivity index (χ2n) is 4.94. The second-order valence-corrected chi connectivity index (χ2v) is 5.35. The van der Waals surface area contributed by atoms with E-state index in [0.717, 1.165) is 5.56 Å². The molecule has 0 aliphatic carbocycles. The fourth-order valence-electron chi connectivity index (χ4n) is 2.05. The fourth-order valence-corrected chi connectivity index (χ4v) is 2.24. The van der Waals surface area contributed by atoms with Crippen molar-refractivity contribution >= 4 is 29.6 Å². The lowest BCUT2D eigenvalue weighted by molar-refractivity contribution is -0.141. The van der Waals surface area contributed by atoms with E-state index in [9.17, 15) is 14.7 Å². The minimum atomic E-state index is -1.08. The van der Waals surface area contributed by atoms with E-state index in [1.165, 1.54) is 6.08 Å². The van der Waals surface area contributed by atoms with Crippen LogP contribution in [0.4, 0.5) is 0 Å². The van der Waals surface area contributed by atoms with Crippen LogP contribution in [0.1, 0.15) is 11.1 Å². The third-order valence-corrected chi connectivity index (χ3v) is 3.56. The number of carbonyl (C=O) groups excluding carboxylic acids is 1. The molecule has 2 aromatic rings. The number of amides is 1. The molecule has 1 amide bonds. The van der Waals surface area contributed by atoms with E-state index in [2.05, 4.69) is 5.32 Å². The summed E-state index contributed by atoms with van der Waals surface area (Å²) in [6, 6.07) is 15.2. The summed E-state index contributed by atoms with van der Waals surface area (Å²) in [4.78, 5) is 23.2. The number of halogens is 1. The average Bonchev–Trinajstić information content (AvgIpc) is 2.54. The van der Waals surface area contributed by atoms with Gasteiger partial charge in [-0.1, -0.05) is 60.1 Å². The van der Waals surface area contributed by atoms with Crippen molar-refractivity contribution in [2.24, 2.45) is 0 Å². The number of carbonyl (C=O) groups is 2. The Kier molecular flexibility index (Phi) is 5.94. The summed E-state index contributed by atoms with van der Waals surface area (Å²) < 4.78 is 0.